The maximum Gasteiger partial charge on any atom is 0.260 e. The van der Waals surface area contributed by atoms with Gasteiger partial charge in [-0.3, -0.25) is 0 Å². The van der Waals surface area contributed by atoms with Crippen molar-refractivity contribution in [2.75, 3.05) is 19.6 Å². The second-order valence-corrected chi connectivity index (χ2v) is 6.04. The van der Waals surface area contributed by atoms with E-state index in [1.54, 1.807) is 4.31 Å². The topological polar surface area (TPSA) is 78.1 Å². The van der Waals surface area contributed by atoms with Crippen molar-refractivity contribution < 1.29 is 8.42 Å². The Labute approximate surface area is 101 Å². The number of aromatic amines is 1. The molecule has 0 radical (unpaired) electrons. The van der Waals surface area contributed by atoms with Crippen molar-refractivity contribution >= 4 is 10.0 Å². The van der Waals surface area contributed by atoms with E-state index in [9.17, 15) is 8.42 Å². The van der Waals surface area contributed by atoms with Crippen LogP contribution in [0.1, 0.15) is 19.8 Å². The Morgan fingerprint density at radius 3 is 2.94 bits per heavy atom. The quantitative estimate of drug-likeness (QED) is 0.789. The number of sulfonamides is 1. The van der Waals surface area contributed by atoms with Crippen molar-refractivity contribution in [1.29, 1.82) is 0 Å². The minimum Gasteiger partial charge on any atom is -0.335 e. The van der Waals surface area contributed by atoms with Gasteiger partial charge >= 0.3 is 0 Å². The summed E-state index contributed by atoms with van der Waals surface area (Å²) in [5.74, 6) is 0. The first kappa shape index (κ1) is 12.5. The molecule has 7 heteroatoms. The van der Waals surface area contributed by atoms with Crippen molar-refractivity contribution in [3.05, 3.63) is 12.5 Å². The highest BCUT2D eigenvalue weighted by atomic mass is 32.2. The van der Waals surface area contributed by atoms with Gasteiger partial charge in [-0.05, 0) is 19.4 Å². The molecule has 1 unspecified atom stereocenters. The van der Waals surface area contributed by atoms with Gasteiger partial charge in [0.15, 0.2) is 5.03 Å². The summed E-state index contributed by atoms with van der Waals surface area (Å²) in [6, 6.07) is 0.0586. The van der Waals surface area contributed by atoms with Crippen molar-refractivity contribution in [1.82, 2.24) is 19.6 Å². The molecule has 2 N–H and O–H groups in total. The molecule has 0 aliphatic carbocycles. The van der Waals surface area contributed by atoms with Gasteiger partial charge in [-0.2, -0.15) is 4.31 Å². The smallest absolute Gasteiger partial charge is 0.260 e. The minimum atomic E-state index is -3.43. The van der Waals surface area contributed by atoms with Crippen LogP contribution in [-0.4, -0.2) is 48.4 Å². The Morgan fingerprint density at radius 2 is 2.41 bits per heavy atom. The van der Waals surface area contributed by atoms with Gasteiger partial charge in [0.1, 0.15) is 0 Å². The third-order valence-corrected chi connectivity index (χ3v) is 4.82. The lowest BCUT2D eigenvalue weighted by Gasteiger charge is -2.26. The fourth-order valence-corrected chi connectivity index (χ4v) is 3.76. The number of hydrogen-bond acceptors (Lipinski definition) is 4. The average Bonchev–Trinajstić information content (AvgIpc) is 2.97. The maximum atomic E-state index is 12.4. The van der Waals surface area contributed by atoms with E-state index in [1.165, 1.54) is 12.5 Å². The third kappa shape index (κ3) is 2.51. The zero-order chi connectivity index (χ0) is 12.3. The summed E-state index contributed by atoms with van der Waals surface area (Å²) in [6.45, 7) is 4.14. The number of aromatic nitrogens is 2. The molecule has 1 fully saturated rings. The summed E-state index contributed by atoms with van der Waals surface area (Å²) >= 11 is 0. The van der Waals surface area contributed by atoms with E-state index in [0.717, 1.165) is 25.9 Å². The van der Waals surface area contributed by atoms with Gasteiger partial charge in [-0.1, -0.05) is 6.92 Å². The summed E-state index contributed by atoms with van der Waals surface area (Å²) in [5.41, 5.74) is 0. The molecule has 1 saturated heterocycles. The SMILES string of the molecule is CCCN(C1CCNC1)S(=O)(=O)c1cnc[nH]1. The Bertz CT molecular complexity index is 437. The fourth-order valence-electron chi connectivity index (χ4n) is 2.12. The summed E-state index contributed by atoms with van der Waals surface area (Å²) in [7, 11) is -3.43. The molecule has 0 aromatic carbocycles. The second-order valence-electron chi connectivity index (χ2n) is 4.18. The molecule has 96 valence electrons. The number of imidazole rings is 1. The minimum absolute atomic E-state index is 0.0586. The second kappa shape index (κ2) is 5.16. The Balaban J connectivity index is 2.26. The van der Waals surface area contributed by atoms with Gasteiger partial charge in [-0.15, -0.1) is 0 Å². The molecule has 2 heterocycles. The third-order valence-electron chi connectivity index (χ3n) is 2.95. The van der Waals surface area contributed by atoms with Crippen LogP contribution in [0.25, 0.3) is 0 Å². The van der Waals surface area contributed by atoms with Crippen LogP contribution in [0.2, 0.25) is 0 Å². The lowest BCUT2D eigenvalue weighted by Crippen LogP contribution is -2.42. The first-order valence-corrected chi connectivity index (χ1v) is 7.31. The fraction of sp³-hybridized carbons (Fsp3) is 0.700. The van der Waals surface area contributed by atoms with E-state index in [-0.39, 0.29) is 11.1 Å². The molecule has 1 aromatic rings. The Hall–Kier alpha value is -0.920. The highest BCUT2D eigenvalue weighted by Gasteiger charge is 2.33. The van der Waals surface area contributed by atoms with Crippen LogP contribution in [-0.2, 0) is 10.0 Å². The standard InChI is InChI=1S/C10H18N4O2S/c1-2-5-14(9-3-4-11-6-9)17(15,16)10-7-12-8-13-10/h7-9,11H,2-6H2,1H3,(H,12,13). The van der Waals surface area contributed by atoms with Crippen LogP contribution >= 0.6 is 0 Å². The van der Waals surface area contributed by atoms with Gasteiger partial charge in [-0.25, -0.2) is 13.4 Å². The molecular weight excluding hydrogens is 240 g/mol. The Morgan fingerprint density at radius 1 is 1.59 bits per heavy atom. The molecule has 0 saturated carbocycles. The first-order chi connectivity index (χ1) is 8.16. The number of H-pyrrole nitrogens is 1. The van der Waals surface area contributed by atoms with Crippen LogP contribution in [0, 0.1) is 0 Å². The van der Waals surface area contributed by atoms with E-state index >= 15 is 0 Å². The largest absolute Gasteiger partial charge is 0.335 e. The van der Waals surface area contributed by atoms with Crippen LogP contribution in [0.5, 0.6) is 0 Å². The predicted octanol–water partition coefficient (Wildman–Crippen LogP) is 0.172. The van der Waals surface area contributed by atoms with Crippen LogP contribution in [0.15, 0.2) is 17.6 Å². The molecule has 17 heavy (non-hydrogen) atoms. The molecule has 1 aliphatic heterocycles. The van der Waals surface area contributed by atoms with Crippen LogP contribution < -0.4 is 5.32 Å². The van der Waals surface area contributed by atoms with Gasteiger partial charge < -0.3 is 10.3 Å². The molecule has 1 aliphatic rings. The van der Waals surface area contributed by atoms with Gasteiger partial charge in [0.2, 0.25) is 0 Å². The highest BCUT2D eigenvalue weighted by molar-refractivity contribution is 7.89. The maximum absolute atomic E-state index is 12.4. The van der Waals surface area contributed by atoms with Gasteiger partial charge in [0.25, 0.3) is 10.0 Å². The van der Waals surface area contributed by atoms with E-state index < -0.39 is 10.0 Å². The number of nitrogens with one attached hydrogen (secondary N) is 2. The summed E-state index contributed by atoms with van der Waals surface area (Å²) in [5, 5.41) is 3.38. The van der Waals surface area contributed by atoms with Crippen LogP contribution in [0.3, 0.4) is 0 Å². The molecular formula is C10H18N4O2S. The summed E-state index contributed by atoms with van der Waals surface area (Å²) in [4.78, 5) is 6.46. The molecule has 0 bridgehead atoms. The summed E-state index contributed by atoms with van der Waals surface area (Å²) in [6.07, 6.45) is 4.43. The normalized spacial score (nSPS) is 21.2. The lowest BCUT2D eigenvalue weighted by molar-refractivity contribution is 0.334. The van der Waals surface area contributed by atoms with Crippen molar-refractivity contribution in [3.63, 3.8) is 0 Å². The lowest BCUT2D eigenvalue weighted by atomic mass is 10.2. The van der Waals surface area contributed by atoms with Crippen LogP contribution in [0.4, 0.5) is 0 Å². The number of nitrogens with zero attached hydrogens (tertiary/aromatic N) is 2. The zero-order valence-corrected chi connectivity index (χ0v) is 10.7. The van der Waals surface area contributed by atoms with E-state index in [1.807, 2.05) is 6.92 Å². The zero-order valence-electron chi connectivity index (χ0n) is 9.89. The van der Waals surface area contributed by atoms with E-state index in [2.05, 4.69) is 15.3 Å². The predicted molar refractivity (Wildman–Crippen MR) is 64.0 cm³/mol. The molecule has 1 aromatic heterocycles. The molecule has 6 nitrogen and oxygen atoms in total. The molecule has 1 atom stereocenters. The van der Waals surface area contributed by atoms with E-state index in [0.29, 0.717) is 6.54 Å². The number of hydrogen-bond donors (Lipinski definition) is 2. The van der Waals surface area contributed by atoms with E-state index in [4.69, 9.17) is 0 Å². The Kier molecular flexibility index (Phi) is 3.80. The number of rotatable bonds is 5. The van der Waals surface area contributed by atoms with Crippen molar-refractivity contribution in [3.8, 4) is 0 Å². The van der Waals surface area contributed by atoms with Gasteiger partial charge in [0, 0.05) is 19.1 Å². The molecule has 0 amide bonds. The highest BCUT2D eigenvalue weighted by Crippen LogP contribution is 2.19. The first-order valence-electron chi connectivity index (χ1n) is 5.87. The van der Waals surface area contributed by atoms with Crippen molar-refractivity contribution in [2.24, 2.45) is 0 Å². The average molecular weight is 258 g/mol. The van der Waals surface area contributed by atoms with Gasteiger partial charge in [0.05, 0.1) is 12.5 Å². The molecule has 2 rings (SSSR count). The summed E-state index contributed by atoms with van der Waals surface area (Å²) < 4.78 is 26.4. The monoisotopic (exact) mass is 258 g/mol. The van der Waals surface area contributed by atoms with Crippen molar-refractivity contribution in [2.45, 2.75) is 30.8 Å². The molecule has 0 spiro atoms.